The summed E-state index contributed by atoms with van der Waals surface area (Å²) in [6.45, 7) is 8.31. The van der Waals surface area contributed by atoms with Crippen molar-refractivity contribution in [1.29, 1.82) is 5.26 Å². The number of nitrogens with zero attached hydrogens (tertiary/aromatic N) is 7. The van der Waals surface area contributed by atoms with Gasteiger partial charge < -0.3 is 19.4 Å². The Morgan fingerprint density at radius 2 is 1.57 bits per heavy atom. The number of aromatic nitrogens is 3. The fourth-order valence-corrected chi connectivity index (χ4v) is 3.81. The molecule has 0 aliphatic carbocycles. The first-order chi connectivity index (χ1) is 13.6. The molecule has 0 radical (unpaired) electrons. The molecule has 2 aliphatic heterocycles. The molecule has 8 nitrogen and oxygen atoms in total. The van der Waals surface area contributed by atoms with Crippen LogP contribution in [0.5, 0.6) is 0 Å². The van der Waals surface area contributed by atoms with Crippen LogP contribution in [0.25, 0.3) is 0 Å². The summed E-state index contributed by atoms with van der Waals surface area (Å²) in [5, 5.41) is 9.49. The number of nitriles is 1. The van der Waals surface area contributed by atoms with E-state index in [9.17, 15) is 0 Å². The van der Waals surface area contributed by atoms with Gasteiger partial charge in [-0.05, 0) is 13.0 Å². The maximum Gasteiger partial charge on any atom is 0.147 e. The Bertz CT molecular complexity index is 886. The minimum atomic E-state index is 0.472. The van der Waals surface area contributed by atoms with Gasteiger partial charge in [-0.1, -0.05) is 11.6 Å². The zero-order chi connectivity index (χ0) is 19.5. The largest absolute Gasteiger partial charge is 0.378 e. The van der Waals surface area contributed by atoms with Crippen LogP contribution in [-0.4, -0.2) is 67.4 Å². The molecular weight excluding hydrogens is 378 g/mol. The van der Waals surface area contributed by atoms with Crippen LogP contribution in [-0.2, 0) is 4.74 Å². The van der Waals surface area contributed by atoms with Crippen LogP contribution in [0, 0.1) is 18.3 Å². The standard InChI is InChI=1S/C19H22ClN7O/c1-14-23-17(11-18(24-14)26-6-8-28-9-7-26)25-2-4-27(5-3-25)19-16(20)10-15(12-21)13-22-19/h10-11,13H,2-9H2,1H3. The second kappa shape index (κ2) is 8.17. The average Bonchev–Trinajstić information content (AvgIpc) is 2.74. The van der Waals surface area contributed by atoms with E-state index in [-0.39, 0.29) is 0 Å². The number of rotatable bonds is 3. The Kier molecular flexibility index (Phi) is 5.46. The van der Waals surface area contributed by atoms with Crippen molar-refractivity contribution in [2.24, 2.45) is 0 Å². The van der Waals surface area contributed by atoms with E-state index < -0.39 is 0 Å². The maximum atomic E-state index is 8.97. The molecule has 9 heteroatoms. The van der Waals surface area contributed by atoms with Gasteiger partial charge in [0, 0.05) is 51.5 Å². The number of hydrogen-bond acceptors (Lipinski definition) is 8. The second-order valence-corrected chi connectivity index (χ2v) is 7.25. The summed E-state index contributed by atoms with van der Waals surface area (Å²) in [6.07, 6.45) is 1.57. The van der Waals surface area contributed by atoms with Crippen molar-refractivity contribution in [3.05, 3.63) is 34.7 Å². The predicted octanol–water partition coefficient (Wildman–Crippen LogP) is 1.87. The second-order valence-electron chi connectivity index (χ2n) is 6.85. The molecule has 0 saturated carbocycles. The molecule has 146 valence electrons. The number of aryl methyl sites for hydroxylation is 1. The van der Waals surface area contributed by atoms with Gasteiger partial charge in [0.1, 0.15) is 29.3 Å². The molecule has 0 spiro atoms. The van der Waals surface area contributed by atoms with Crippen molar-refractivity contribution >= 4 is 29.1 Å². The molecule has 28 heavy (non-hydrogen) atoms. The van der Waals surface area contributed by atoms with Crippen LogP contribution in [0.3, 0.4) is 0 Å². The topological polar surface area (TPSA) is 81.4 Å². The number of halogens is 1. The SMILES string of the molecule is Cc1nc(N2CCOCC2)cc(N2CCN(c3ncc(C#N)cc3Cl)CC2)n1. The third kappa shape index (κ3) is 3.96. The summed E-state index contributed by atoms with van der Waals surface area (Å²) in [5.74, 6) is 3.42. The molecule has 4 rings (SSSR count). The smallest absolute Gasteiger partial charge is 0.147 e. The number of pyridine rings is 1. The van der Waals surface area contributed by atoms with E-state index in [0.717, 1.165) is 75.8 Å². The molecule has 0 N–H and O–H groups in total. The van der Waals surface area contributed by atoms with Crippen molar-refractivity contribution in [1.82, 2.24) is 15.0 Å². The Labute approximate surface area is 169 Å². The van der Waals surface area contributed by atoms with Gasteiger partial charge in [-0.3, -0.25) is 0 Å². The van der Waals surface area contributed by atoms with E-state index in [0.29, 0.717) is 10.6 Å². The Morgan fingerprint density at radius 1 is 0.964 bits per heavy atom. The molecule has 0 amide bonds. The first kappa shape index (κ1) is 18.7. The summed E-state index contributed by atoms with van der Waals surface area (Å²) in [7, 11) is 0. The summed E-state index contributed by atoms with van der Waals surface area (Å²) in [5.41, 5.74) is 0.472. The molecule has 0 unspecified atom stereocenters. The van der Waals surface area contributed by atoms with Crippen LogP contribution >= 0.6 is 11.6 Å². The number of hydrogen-bond donors (Lipinski definition) is 0. The average molecular weight is 400 g/mol. The Hall–Kier alpha value is -2.63. The zero-order valence-corrected chi connectivity index (χ0v) is 16.6. The molecule has 2 aromatic heterocycles. The third-order valence-corrected chi connectivity index (χ3v) is 5.28. The summed E-state index contributed by atoms with van der Waals surface area (Å²) < 4.78 is 5.44. The van der Waals surface area contributed by atoms with Gasteiger partial charge in [0.25, 0.3) is 0 Å². The number of anilines is 3. The highest BCUT2D eigenvalue weighted by Gasteiger charge is 2.23. The molecular formula is C19H22ClN7O. The lowest BCUT2D eigenvalue weighted by Gasteiger charge is -2.37. The van der Waals surface area contributed by atoms with Crippen molar-refractivity contribution in [2.75, 3.05) is 67.2 Å². The first-order valence-corrected chi connectivity index (χ1v) is 9.76. The highest BCUT2D eigenvalue weighted by molar-refractivity contribution is 6.33. The maximum absolute atomic E-state index is 8.97. The summed E-state index contributed by atoms with van der Waals surface area (Å²) in [6, 6.07) is 5.80. The van der Waals surface area contributed by atoms with Gasteiger partial charge in [-0.2, -0.15) is 5.26 Å². The van der Waals surface area contributed by atoms with Crippen LogP contribution in [0.15, 0.2) is 18.3 Å². The Morgan fingerprint density at radius 3 is 2.18 bits per heavy atom. The van der Waals surface area contributed by atoms with Crippen LogP contribution in [0.2, 0.25) is 5.02 Å². The van der Waals surface area contributed by atoms with Crippen molar-refractivity contribution in [3.8, 4) is 6.07 Å². The summed E-state index contributed by atoms with van der Waals surface area (Å²) in [4.78, 5) is 20.3. The normalized spacial score (nSPS) is 17.5. The van der Waals surface area contributed by atoms with Crippen LogP contribution in [0.4, 0.5) is 17.5 Å². The van der Waals surface area contributed by atoms with Gasteiger partial charge in [0.2, 0.25) is 0 Å². The Balaban J connectivity index is 1.46. The first-order valence-electron chi connectivity index (χ1n) is 9.38. The fraction of sp³-hybridized carbons (Fsp3) is 0.474. The molecule has 4 heterocycles. The molecule has 2 aromatic rings. The van der Waals surface area contributed by atoms with Crippen molar-refractivity contribution in [2.45, 2.75) is 6.92 Å². The van der Waals surface area contributed by atoms with Crippen molar-refractivity contribution in [3.63, 3.8) is 0 Å². The number of piperazine rings is 1. The van der Waals surface area contributed by atoms with Crippen molar-refractivity contribution < 1.29 is 4.74 Å². The monoisotopic (exact) mass is 399 g/mol. The quantitative estimate of drug-likeness (QED) is 0.773. The van der Waals surface area contributed by atoms with E-state index >= 15 is 0 Å². The highest BCUT2D eigenvalue weighted by Crippen LogP contribution is 2.27. The lowest BCUT2D eigenvalue weighted by atomic mass is 10.2. The molecule has 0 aromatic carbocycles. The molecule has 0 bridgehead atoms. The molecule has 2 aliphatic rings. The number of morpholine rings is 1. The fourth-order valence-electron chi connectivity index (χ4n) is 3.52. The van der Waals surface area contributed by atoms with Crippen LogP contribution in [0.1, 0.15) is 11.4 Å². The number of ether oxygens (including phenoxy) is 1. The lowest BCUT2D eigenvalue weighted by Crippen LogP contribution is -2.47. The highest BCUT2D eigenvalue weighted by atomic mass is 35.5. The lowest BCUT2D eigenvalue weighted by molar-refractivity contribution is 0.122. The minimum absolute atomic E-state index is 0.472. The molecule has 2 saturated heterocycles. The third-order valence-electron chi connectivity index (χ3n) is 5.00. The van der Waals surface area contributed by atoms with Crippen LogP contribution < -0.4 is 14.7 Å². The molecule has 2 fully saturated rings. The predicted molar refractivity (Wildman–Crippen MR) is 108 cm³/mol. The van der Waals surface area contributed by atoms with Gasteiger partial charge in [0.15, 0.2) is 0 Å². The minimum Gasteiger partial charge on any atom is -0.378 e. The van der Waals surface area contributed by atoms with Gasteiger partial charge in [-0.15, -0.1) is 0 Å². The van der Waals surface area contributed by atoms with Gasteiger partial charge >= 0.3 is 0 Å². The van der Waals surface area contributed by atoms with Gasteiger partial charge in [0.05, 0.1) is 23.8 Å². The molecule has 0 atom stereocenters. The van der Waals surface area contributed by atoms with E-state index in [1.54, 1.807) is 12.3 Å². The van der Waals surface area contributed by atoms with E-state index in [1.807, 2.05) is 6.92 Å². The van der Waals surface area contributed by atoms with E-state index in [4.69, 9.17) is 21.6 Å². The zero-order valence-electron chi connectivity index (χ0n) is 15.8. The summed E-state index contributed by atoms with van der Waals surface area (Å²) >= 11 is 6.32. The van der Waals surface area contributed by atoms with Gasteiger partial charge in [-0.25, -0.2) is 15.0 Å². The van der Waals surface area contributed by atoms with E-state index in [2.05, 4.69) is 41.8 Å². The van der Waals surface area contributed by atoms with E-state index in [1.165, 1.54) is 0 Å².